The minimum absolute atomic E-state index is 0.0231. The van der Waals surface area contributed by atoms with E-state index in [1.165, 1.54) is 6.92 Å². The highest BCUT2D eigenvalue weighted by molar-refractivity contribution is 5.88. The van der Waals surface area contributed by atoms with Gasteiger partial charge in [0.25, 0.3) is 0 Å². The van der Waals surface area contributed by atoms with Gasteiger partial charge in [0.15, 0.2) is 0 Å². The van der Waals surface area contributed by atoms with Gasteiger partial charge >= 0.3 is 17.9 Å². The smallest absolute Gasteiger partial charge is 0.337 e. The molecule has 0 aromatic heterocycles. The average molecular weight is 392 g/mol. The van der Waals surface area contributed by atoms with Gasteiger partial charge in [0, 0.05) is 13.3 Å². The van der Waals surface area contributed by atoms with Gasteiger partial charge < -0.3 is 19.3 Å². The van der Waals surface area contributed by atoms with Crippen molar-refractivity contribution in [3.8, 4) is 0 Å². The molecule has 0 saturated carbocycles. The van der Waals surface area contributed by atoms with Crippen LogP contribution >= 0.6 is 0 Å². The Labute approximate surface area is 165 Å². The van der Waals surface area contributed by atoms with E-state index in [4.69, 9.17) is 14.2 Å². The molecule has 1 aliphatic carbocycles. The maximum atomic E-state index is 12.5. The molecule has 28 heavy (non-hydrogen) atoms. The number of aliphatic hydroxyl groups is 1. The summed E-state index contributed by atoms with van der Waals surface area (Å²) in [6, 6.07) is 0. The summed E-state index contributed by atoms with van der Waals surface area (Å²) < 4.78 is 16.0. The number of fused-ring (bicyclic) bond motifs is 1. The van der Waals surface area contributed by atoms with Gasteiger partial charge in [-0.25, -0.2) is 4.79 Å². The molecular formula is C21H28O7. The molecule has 0 aromatic carbocycles. The van der Waals surface area contributed by atoms with Crippen LogP contribution in [0.15, 0.2) is 35.5 Å². The Morgan fingerprint density at radius 3 is 2.75 bits per heavy atom. The molecule has 1 N–H and O–H groups in total. The average Bonchev–Trinajstić information content (AvgIpc) is 2.91. The van der Waals surface area contributed by atoms with Crippen molar-refractivity contribution in [3.05, 3.63) is 35.5 Å². The molecule has 7 nitrogen and oxygen atoms in total. The first-order chi connectivity index (χ1) is 13.2. The van der Waals surface area contributed by atoms with Gasteiger partial charge in [0.1, 0.15) is 18.8 Å². The molecule has 0 spiro atoms. The fourth-order valence-corrected chi connectivity index (χ4v) is 3.52. The Morgan fingerprint density at radius 1 is 1.39 bits per heavy atom. The van der Waals surface area contributed by atoms with Gasteiger partial charge in [-0.3, -0.25) is 9.59 Å². The highest BCUT2D eigenvalue weighted by atomic mass is 16.6. The van der Waals surface area contributed by atoms with Crippen LogP contribution < -0.4 is 0 Å². The molecular weight excluding hydrogens is 364 g/mol. The molecule has 1 aliphatic heterocycles. The molecule has 1 fully saturated rings. The topological polar surface area (TPSA) is 99.1 Å². The van der Waals surface area contributed by atoms with E-state index in [1.54, 1.807) is 13.0 Å². The van der Waals surface area contributed by atoms with Crippen molar-refractivity contribution in [2.24, 2.45) is 11.8 Å². The van der Waals surface area contributed by atoms with Gasteiger partial charge in [-0.1, -0.05) is 25.2 Å². The SMILES string of the molecule is C=C(COC(C)=O)C(=O)O[C@H]1C/C(C)=C/CC/C(CO)=C/[C@H]2OC(=O)[C@@H](C)[C@H]12. The molecule has 1 saturated heterocycles. The first-order valence-corrected chi connectivity index (χ1v) is 9.41. The van der Waals surface area contributed by atoms with Crippen LogP contribution in [0.5, 0.6) is 0 Å². The summed E-state index contributed by atoms with van der Waals surface area (Å²) in [7, 11) is 0. The van der Waals surface area contributed by atoms with Crippen molar-refractivity contribution in [1.29, 1.82) is 0 Å². The largest absolute Gasteiger partial charge is 0.461 e. The van der Waals surface area contributed by atoms with E-state index in [0.717, 1.165) is 17.6 Å². The Bertz CT molecular complexity index is 704. The second kappa shape index (κ2) is 9.68. The first kappa shape index (κ1) is 21.9. The summed E-state index contributed by atoms with van der Waals surface area (Å²) in [4.78, 5) is 35.6. The van der Waals surface area contributed by atoms with E-state index in [0.29, 0.717) is 12.8 Å². The summed E-state index contributed by atoms with van der Waals surface area (Å²) in [6.07, 6.45) is 4.49. The van der Waals surface area contributed by atoms with E-state index in [2.05, 4.69) is 6.58 Å². The fourth-order valence-electron chi connectivity index (χ4n) is 3.52. The quantitative estimate of drug-likeness (QED) is 0.331. The third-order valence-corrected chi connectivity index (χ3v) is 5.09. The van der Waals surface area contributed by atoms with Gasteiger partial charge in [-0.2, -0.15) is 0 Å². The number of hydrogen-bond acceptors (Lipinski definition) is 7. The predicted molar refractivity (Wildman–Crippen MR) is 101 cm³/mol. The molecule has 0 bridgehead atoms. The normalized spacial score (nSPS) is 31.4. The van der Waals surface area contributed by atoms with E-state index in [-0.39, 0.29) is 30.7 Å². The van der Waals surface area contributed by atoms with Crippen molar-refractivity contribution < 1.29 is 33.7 Å². The molecule has 1 heterocycles. The van der Waals surface area contributed by atoms with E-state index >= 15 is 0 Å². The minimum Gasteiger partial charge on any atom is -0.461 e. The van der Waals surface area contributed by atoms with Crippen molar-refractivity contribution in [2.45, 2.75) is 52.2 Å². The van der Waals surface area contributed by atoms with Gasteiger partial charge in [-0.05, 0) is 31.4 Å². The maximum Gasteiger partial charge on any atom is 0.337 e. The molecule has 2 rings (SSSR count). The lowest BCUT2D eigenvalue weighted by molar-refractivity contribution is -0.150. The Morgan fingerprint density at radius 2 is 2.11 bits per heavy atom. The third kappa shape index (κ3) is 5.55. The highest BCUT2D eigenvalue weighted by Gasteiger charge is 2.47. The standard InChI is InChI=1S/C21H28O7/c1-12-6-5-7-16(10-22)9-18-19(14(3)21(25)28-18)17(8-12)27-20(24)13(2)11-26-15(4)23/h6,9,14,17-19,22H,2,5,7-8,10-11H2,1,3-4H3/b12-6+,16-9-/t14-,17-,18+,19+/m0/s1. The van der Waals surface area contributed by atoms with Crippen molar-refractivity contribution in [1.82, 2.24) is 0 Å². The number of rotatable bonds is 5. The fraction of sp³-hybridized carbons (Fsp3) is 0.571. The van der Waals surface area contributed by atoms with Crippen LogP contribution in [0.1, 0.15) is 40.0 Å². The zero-order valence-electron chi connectivity index (χ0n) is 16.6. The number of allylic oxidation sites excluding steroid dienone is 1. The van der Waals surface area contributed by atoms with Crippen LogP contribution in [0.25, 0.3) is 0 Å². The Hall–Kier alpha value is -2.41. The second-order valence-electron chi connectivity index (χ2n) is 7.37. The highest BCUT2D eigenvalue weighted by Crippen LogP contribution is 2.37. The molecule has 7 heteroatoms. The monoisotopic (exact) mass is 392 g/mol. The molecule has 0 aromatic rings. The van der Waals surface area contributed by atoms with Crippen LogP contribution in [0.4, 0.5) is 0 Å². The lowest BCUT2D eigenvalue weighted by Crippen LogP contribution is -2.36. The van der Waals surface area contributed by atoms with E-state index in [1.807, 2.05) is 13.0 Å². The van der Waals surface area contributed by atoms with Crippen LogP contribution in [-0.4, -0.2) is 48.4 Å². The van der Waals surface area contributed by atoms with Gasteiger partial charge in [0.05, 0.1) is 24.0 Å². The summed E-state index contributed by atoms with van der Waals surface area (Å²) in [5.41, 5.74) is 1.83. The summed E-state index contributed by atoms with van der Waals surface area (Å²) in [5.74, 6) is -2.40. The van der Waals surface area contributed by atoms with Crippen molar-refractivity contribution in [3.63, 3.8) is 0 Å². The predicted octanol–water partition coefficient (Wildman–Crippen LogP) is 2.24. The van der Waals surface area contributed by atoms with Crippen LogP contribution in [0, 0.1) is 11.8 Å². The number of ether oxygens (including phenoxy) is 3. The molecule has 2 aliphatic rings. The Kier molecular flexibility index (Phi) is 7.57. The molecule has 0 radical (unpaired) electrons. The molecule has 4 atom stereocenters. The van der Waals surface area contributed by atoms with E-state index in [9.17, 15) is 19.5 Å². The van der Waals surface area contributed by atoms with Crippen molar-refractivity contribution >= 4 is 17.9 Å². The number of carbonyl (C=O) groups excluding carboxylic acids is 3. The number of hydrogen-bond donors (Lipinski definition) is 1. The third-order valence-electron chi connectivity index (χ3n) is 5.09. The zero-order chi connectivity index (χ0) is 20.8. The number of carbonyl (C=O) groups is 3. The second-order valence-corrected chi connectivity index (χ2v) is 7.37. The summed E-state index contributed by atoms with van der Waals surface area (Å²) in [6.45, 7) is 8.19. The van der Waals surface area contributed by atoms with Gasteiger partial charge in [0.2, 0.25) is 0 Å². The molecule has 0 unspecified atom stereocenters. The van der Waals surface area contributed by atoms with Crippen LogP contribution in [0.2, 0.25) is 0 Å². The van der Waals surface area contributed by atoms with Crippen molar-refractivity contribution in [2.75, 3.05) is 13.2 Å². The zero-order valence-corrected chi connectivity index (χ0v) is 16.6. The Balaban J connectivity index is 2.27. The lowest BCUT2D eigenvalue weighted by Gasteiger charge is -2.29. The van der Waals surface area contributed by atoms with Crippen LogP contribution in [-0.2, 0) is 28.6 Å². The molecule has 154 valence electrons. The maximum absolute atomic E-state index is 12.5. The van der Waals surface area contributed by atoms with E-state index < -0.39 is 30.1 Å². The summed E-state index contributed by atoms with van der Waals surface area (Å²) in [5, 5.41) is 9.61. The van der Waals surface area contributed by atoms with Gasteiger partial charge in [-0.15, -0.1) is 0 Å². The number of esters is 3. The molecule has 0 amide bonds. The summed E-state index contributed by atoms with van der Waals surface area (Å²) >= 11 is 0. The first-order valence-electron chi connectivity index (χ1n) is 9.41. The lowest BCUT2D eigenvalue weighted by atomic mass is 9.82. The number of aliphatic hydroxyl groups excluding tert-OH is 1. The van der Waals surface area contributed by atoms with Crippen LogP contribution in [0.3, 0.4) is 0 Å². The minimum atomic E-state index is -0.673.